The highest BCUT2D eigenvalue weighted by molar-refractivity contribution is 9.10. The van der Waals surface area contributed by atoms with Crippen molar-refractivity contribution in [2.75, 3.05) is 50.0 Å². The fourth-order valence-corrected chi connectivity index (χ4v) is 4.99. The zero-order chi connectivity index (χ0) is 23.8. The molecule has 0 aliphatic rings. The van der Waals surface area contributed by atoms with E-state index in [1.165, 1.54) is 4.31 Å². The number of halogens is 3. The highest BCUT2D eigenvalue weighted by atomic mass is 79.9. The van der Waals surface area contributed by atoms with E-state index in [0.717, 1.165) is 15.9 Å². The standard InChI is InChI=1S/C24H27BrClN3O3S.ClH/c1-28(2)16-17-29(33(30,31)22-13-7-19(25)8-14-22)24-6-4-3-5-23(24)27-15-18-32-21-11-9-20(26)10-12-21;/h3-14,27H,15-18H2,1-2H3;1H. The maximum absolute atomic E-state index is 13.6. The summed E-state index contributed by atoms with van der Waals surface area (Å²) in [5.41, 5.74) is 1.31. The van der Waals surface area contributed by atoms with Crippen LogP contribution in [-0.4, -0.2) is 53.7 Å². The Morgan fingerprint density at radius 2 is 1.59 bits per heavy atom. The molecule has 0 saturated carbocycles. The Morgan fingerprint density at radius 3 is 2.24 bits per heavy atom. The molecule has 3 aromatic carbocycles. The highest BCUT2D eigenvalue weighted by Gasteiger charge is 2.26. The molecule has 0 radical (unpaired) electrons. The van der Waals surface area contributed by atoms with Crippen LogP contribution in [0.3, 0.4) is 0 Å². The minimum absolute atomic E-state index is 0. The molecule has 3 rings (SSSR count). The molecule has 10 heteroatoms. The molecule has 0 aliphatic carbocycles. The van der Waals surface area contributed by atoms with Crippen LogP contribution in [0.1, 0.15) is 0 Å². The zero-order valence-corrected chi connectivity index (χ0v) is 22.9. The van der Waals surface area contributed by atoms with Crippen molar-refractivity contribution in [2.45, 2.75) is 4.90 Å². The second-order valence-electron chi connectivity index (χ2n) is 7.58. The molecule has 0 aliphatic heterocycles. The van der Waals surface area contributed by atoms with Gasteiger partial charge in [-0.1, -0.05) is 39.7 Å². The summed E-state index contributed by atoms with van der Waals surface area (Å²) in [5.74, 6) is 0.722. The van der Waals surface area contributed by atoms with Gasteiger partial charge in [0.2, 0.25) is 0 Å². The molecular formula is C24H28BrCl2N3O3S. The summed E-state index contributed by atoms with van der Waals surface area (Å²) in [7, 11) is 0.0740. The van der Waals surface area contributed by atoms with Gasteiger partial charge in [0.05, 0.1) is 16.3 Å². The Labute approximate surface area is 221 Å². The molecule has 0 heterocycles. The number of nitrogens with one attached hydrogen (secondary N) is 1. The Morgan fingerprint density at radius 1 is 0.941 bits per heavy atom. The molecule has 6 nitrogen and oxygen atoms in total. The average Bonchev–Trinajstić information content (AvgIpc) is 2.79. The molecule has 0 spiro atoms. The molecule has 0 aromatic heterocycles. The summed E-state index contributed by atoms with van der Waals surface area (Å²) >= 11 is 9.27. The van der Waals surface area contributed by atoms with Crippen LogP contribution < -0.4 is 14.4 Å². The first-order valence-corrected chi connectivity index (χ1v) is 13.0. The second-order valence-corrected chi connectivity index (χ2v) is 10.8. The van der Waals surface area contributed by atoms with E-state index in [-0.39, 0.29) is 17.3 Å². The first-order valence-electron chi connectivity index (χ1n) is 10.4. The number of rotatable bonds is 11. The monoisotopic (exact) mass is 587 g/mol. The van der Waals surface area contributed by atoms with Gasteiger partial charge in [0.25, 0.3) is 10.0 Å². The number of nitrogens with zero attached hydrogens (tertiary/aromatic N) is 2. The topological polar surface area (TPSA) is 61.9 Å². The molecular weight excluding hydrogens is 561 g/mol. The van der Waals surface area contributed by atoms with E-state index in [1.54, 1.807) is 36.4 Å². The minimum atomic E-state index is -3.76. The van der Waals surface area contributed by atoms with Crippen LogP contribution in [0, 0.1) is 0 Å². The van der Waals surface area contributed by atoms with Gasteiger partial charge in [0.15, 0.2) is 0 Å². The normalized spacial score (nSPS) is 11.1. The van der Waals surface area contributed by atoms with E-state index in [0.29, 0.717) is 37.0 Å². The third-order valence-electron chi connectivity index (χ3n) is 4.82. The summed E-state index contributed by atoms with van der Waals surface area (Å²) < 4.78 is 35.2. The number of sulfonamides is 1. The van der Waals surface area contributed by atoms with Gasteiger partial charge < -0.3 is 15.0 Å². The van der Waals surface area contributed by atoms with Gasteiger partial charge >= 0.3 is 0 Å². The predicted molar refractivity (Wildman–Crippen MR) is 146 cm³/mol. The zero-order valence-electron chi connectivity index (χ0n) is 18.9. The van der Waals surface area contributed by atoms with Crippen molar-refractivity contribution >= 4 is 61.3 Å². The number of likely N-dealkylation sites (N-methyl/N-ethyl adjacent to an activating group) is 1. The summed E-state index contributed by atoms with van der Waals surface area (Å²) in [4.78, 5) is 2.20. The molecule has 0 saturated heterocycles. The van der Waals surface area contributed by atoms with Crippen LogP contribution in [0.4, 0.5) is 11.4 Å². The number of para-hydroxylation sites is 2. The Bertz CT molecular complexity index is 1140. The van der Waals surface area contributed by atoms with Crippen molar-refractivity contribution in [2.24, 2.45) is 0 Å². The third kappa shape index (κ3) is 7.78. The van der Waals surface area contributed by atoms with Crippen LogP contribution >= 0.6 is 39.9 Å². The van der Waals surface area contributed by atoms with Gasteiger partial charge in [0, 0.05) is 29.1 Å². The van der Waals surface area contributed by atoms with Gasteiger partial charge in [-0.05, 0) is 74.8 Å². The largest absolute Gasteiger partial charge is 0.492 e. The third-order valence-corrected chi connectivity index (χ3v) is 7.43. The Kier molecular flexibility index (Phi) is 11.0. The van der Waals surface area contributed by atoms with E-state index < -0.39 is 10.0 Å². The van der Waals surface area contributed by atoms with Crippen LogP contribution in [0.25, 0.3) is 0 Å². The molecule has 3 aromatic rings. The van der Waals surface area contributed by atoms with Gasteiger partial charge in [-0.15, -0.1) is 12.4 Å². The highest BCUT2D eigenvalue weighted by Crippen LogP contribution is 2.31. The van der Waals surface area contributed by atoms with E-state index in [4.69, 9.17) is 16.3 Å². The van der Waals surface area contributed by atoms with Gasteiger partial charge in [-0.3, -0.25) is 4.31 Å². The molecule has 0 bridgehead atoms. The number of hydrogen-bond donors (Lipinski definition) is 1. The van der Waals surface area contributed by atoms with Crippen molar-refractivity contribution < 1.29 is 13.2 Å². The number of ether oxygens (including phenoxy) is 1. The quantitative estimate of drug-likeness (QED) is 0.288. The molecule has 0 amide bonds. The maximum Gasteiger partial charge on any atom is 0.264 e. The lowest BCUT2D eigenvalue weighted by molar-refractivity contribution is 0.333. The van der Waals surface area contributed by atoms with Crippen molar-refractivity contribution in [1.29, 1.82) is 0 Å². The number of hydrogen-bond acceptors (Lipinski definition) is 5. The van der Waals surface area contributed by atoms with Crippen molar-refractivity contribution in [1.82, 2.24) is 4.90 Å². The second kappa shape index (κ2) is 13.2. The summed E-state index contributed by atoms with van der Waals surface area (Å²) in [6.45, 7) is 1.79. The Balaban J connectivity index is 0.00000408. The molecule has 0 atom stereocenters. The van der Waals surface area contributed by atoms with Crippen LogP contribution in [0.15, 0.2) is 82.2 Å². The number of benzene rings is 3. The fourth-order valence-electron chi connectivity index (χ4n) is 3.12. The van der Waals surface area contributed by atoms with Crippen molar-refractivity contribution in [3.05, 3.63) is 82.3 Å². The molecule has 184 valence electrons. The van der Waals surface area contributed by atoms with E-state index >= 15 is 0 Å². The van der Waals surface area contributed by atoms with Crippen molar-refractivity contribution in [3.63, 3.8) is 0 Å². The fraction of sp³-hybridized carbons (Fsp3) is 0.250. The smallest absolute Gasteiger partial charge is 0.264 e. The number of anilines is 2. The molecule has 0 unspecified atom stereocenters. The molecule has 34 heavy (non-hydrogen) atoms. The van der Waals surface area contributed by atoms with Crippen LogP contribution in [0.5, 0.6) is 5.75 Å². The lowest BCUT2D eigenvalue weighted by Crippen LogP contribution is -2.37. The first kappa shape index (κ1) is 28.3. The molecule has 0 fully saturated rings. The first-order chi connectivity index (χ1) is 15.8. The van der Waals surface area contributed by atoms with E-state index in [1.807, 2.05) is 55.4 Å². The predicted octanol–water partition coefficient (Wildman–Crippen LogP) is 5.77. The lowest BCUT2D eigenvalue weighted by Gasteiger charge is -2.28. The maximum atomic E-state index is 13.6. The molecule has 1 N–H and O–H groups in total. The minimum Gasteiger partial charge on any atom is -0.492 e. The summed E-state index contributed by atoms with van der Waals surface area (Å²) in [6, 6.07) is 21.2. The van der Waals surface area contributed by atoms with Crippen LogP contribution in [-0.2, 0) is 10.0 Å². The van der Waals surface area contributed by atoms with Gasteiger partial charge in [-0.25, -0.2) is 8.42 Å². The van der Waals surface area contributed by atoms with Crippen LogP contribution in [0.2, 0.25) is 5.02 Å². The average molecular weight is 589 g/mol. The SMILES string of the molecule is CN(C)CCN(c1ccccc1NCCOc1ccc(Cl)cc1)S(=O)(=O)c1ccc(Br)cc1.Cl. The summed E-state index contributed by atoms with van der Waals surface area (Å²) in [5, 5.41) is 3.97. The van der Waals surface area contributed by atoms with Gasteiger partial charge in [0.1, 0.15) is 12.4 Å². The van der Waals surface area contributed by atoms with E-state index in [9.17, 15) is 8.42 Å². The van der Waals surface area contributed by atoms with Crippen molar-refractivity contribution in [3.8, 4) is 5.75 Å². The lowest BCUT2D eigenvalue weighted by atomic mass is 10.2. The van der Waals surface area contributed by atoms with E-state index in [2.05, 4.69) is 21.2 Å². The Hall–Kier alpha value is -1.97. The van der Waals surface area contributed by atoms with Gasteiger partial charge in [-0.2, -0.15) is 0 Å². The summed E-state index contributed by atoms with van der Waals surface area (Å²) in [6.07, 6.45) is 0.